The van der Waals surface area contributed by atoms with Crippen molar-refractivity contribution < 1.29 is 5.11 Å². The third-order valence-electron chi connectivity index (χ3n) is 5.83. The first-order valence-electron chi connectivity index (χ1n) is 7.42. The molecule has 1 atom stereocenters. The highest BCUT2D eigenvalue weighted by Crippen LogP contribution is 2.63. The number of hydrogen-bond acceptors (Lipinski definition) is 2. The van der Waals surface area contributed by atoms with Crippen molar-refractivity contribution in [3.05, 3.63) is 29.3 Å². The maximum absolute atomic E-state index is 9.73. The summed E-state index contributed by atoms with van der Waals surface area (Å²) in [5.74, 6) is 0.391. The third kappa shape index (κ3) is 1.88. The zero-order valence-corrected chi connectivity index (χ0v) is 12.5. The molecule has 1 saturated carbocycles. The first-order chi connectivity index (χ1) is 8.84. The second kappa shape index (κ2) is 3.99. The van der Waals surface area contributed by atoms with E-state index in [-0.39, 0.29) is 0 Å². The van der Waals surface area contributed by atoms with E-state index in [0.29, 0.717) is 28.7 Å². The van der Waals surface area contributed by atoms with Gasteiger partial charge in [0.1, 0.15) is 5.75 Å². The summed E-state index contributed by atoms with van der Waals surface area (Å²) in [4.78, 5) is 0. The molecule has 3 rings (SSSR count). The molecule has 1 aromatic carbocycles. The number of fused-ring (bicyclic) bond motifs is 1. The summed E-state index contributed by atoms with van der Waals surface area (Å²) in [6.45, 7) is 9.38. The largest absolute Gasteiger partial charge is 0.508 e. The van der Waals surface area contributed by atoms with Crippen LogP contribution >= 0.6 is 0 Å². The van der Waals surface area contributed by atoms with Gasteiger partial charge in [-0.3, -0.25) is 0 Å². The van der Waals surface area contributed by atoms with Crippen LogP contribution in [0.25, 0.3) is 0 Å². The van der Waals surface area contributed by atoms with E-state index >= 15 is 0 Å². The smallest absolute Gasteiger partial charge is 0.115 e. The van der Waals surface area contributed by atoms with E-state index in [0.717, 1.165) is 6.42 Å². The van der Waals surface area contributed by atoms with Gasteiger partial charge in [0.15, 0.2) is 0 Å². The Morgan fingerprint density at radius 2 is 1.84 bits per heavy atom. The third-order valence-corrected chi connectivity index (χ3v) is 5.83. The normalized spacial score (nSPS) is 27.9. The number of nitrogens with one attached hydrogen (secondary N) is 1. The lowest BCUT2D eigenvalue weighted by atomic mass is 9.87. The Morgan fingerprint density at radius 1 is 1.16 bits per heavy atom. The molecule has 1 aromatic rings. The molecule has 0 saturated heterocycles. The Kier molecular flexibility index (Phi) is 2.72. The molecule has 104 valence electrons. The van der Waals surface area contributed by atoms with E-state index < -0.39 is 0 Å². The van der Waals surface area contributed by atoms with Gasteiger partial charge in [0, 0.05) is 12.1 Å². The highest BCUT2D eigenvalue weighted by atomic mass is 16.3. The van der Waals surface area contributed by atoms with Crippen LogP contribution in [0, 0.1) is 10.8 Å². The van der Waals surface area contributed by atoms with Crippen LogP contribution in [0.1, 0.15) is 57.7 Å². The Labute approximate surface area is 116 Å². The number of rotatable bonds is 2. The van der Waals surface area contributed by atoms with Crippen molar-refractivity contribution in [2.45, 2.75) is 59.0 Å². The summed E-state index contributed by atoms with van der Waals surface area (Å²) in [5.41, 5.74) is 3.44. The van der Waals surface area contributed by atoms with E-state index in [1.807, 2.05) is 12.1 Å². The first kappa shape index (κ1) is 13.0. The van der Waals surface area contributed by atoms with E-state index in [9.17, 15) is 5.11 Å². The molecule has 2 heteroatoms. The van der Waals surface area contributed by atoms with Crippen molar-refractivity contribution in [1.82, 2.24) is 5.32 Å². The molecule has 0 radical (unpaired) electrons. The van der Waals surface area contributed by atoms with Gasteiger partial charge in [-0.05, 0) is 53.4 Å². The van der Waals surface area contributed by atoms with Gasteiger partial charge in [0.05, 0.1) is 0 Å². The molecule has 0 bridgehead atoms. The van der Waals surface area contributed by atoms with Gasteiger partial charge in [-0.15, -0.1) is 0 Å². The lowest BCUT2D eigenvalue weighted by Crippen LogP contribution is -2.30. The Morgan fingerprint density at radius 3 is 2.47 bits per heavy atom. The minimum atomic E-state index is 0.363. The minimum Gasteiger partial charge on any atom is -0.508 e. The fraction of sp³-hybridized carbons (Fsp3) is 0.647. The molecule has 0 amide bonds. The van der Waals surface area contributed by atoms with Crippen LogP contribution < -0.4 is 5.32 Å². The highest BCUT2D eigenvalue weighted by molar-refractivity contribution is 5.39. The highest BCUT2D eigenvalue weighted by Gasteiger charge is 2.65. The van der Waals surface area contributed by atoms with Gasteiger partial charge in [-0.25, -0.2) is 0 Å². The Hall–Kier alpha value is -1.02. The molecule has 0 aromatic heterocycles. The predicted molar refractivity (Wildman–Crippen MR) is 78.3 cm³/mol. The number of hydrogen-bond donors (Lipinski definition) is 2. The van der Waals surface area contributed by atoms with Gasteiger partial charge in [-0.2, -0.15) is 0 Å². The minimum absolute atomic E-state index is 0.363. The van der Waals surface area contributed by atoms with E-state index in [1.54, 1.807) is 0 Å². The van der Waals surface area contributed by atoms with Crippen molar-refractivity contribution in [2.24, 2.45) is 10.8 Å². The second-order valence-electron chi connectivity index (χ2n) is 7.37. The van der Waals surface area contributed by atoms with E-state index in [4.69, 9.17) is 0 Å². The summed E-state index contributed by atoms with van der Waals surface area (Å²) in [6.07, 6.45) is 3.56. The van der Waals surface area contributed by atoms with E-state index in [1.165, 1.54) is 24.0 Å². The number of aromatic hydroxyl groups is 1. The molecule has 0 spiro atoms. The van der Waals surface area contributed by atoms with Crippen LogP contribution in [-0.2, 0) is 6.42 Å². The summed E-state index contributed by atoms with van der Waals surface area (Å²) < 4.78 is 0. The quantitative estimate of drug-likeness (QED) is 0.847. The Balaban J connectivity index is 1.84. The standard InChI is InChI=1S/C17H25NO/c1-16(2)15(17(16,3)4)18-14-7-5-6-11-8-9-12(19)10-13(11)14/h8-10,14-15,18-19H,5-7H2,1-4H3. The zero-order chi connectivity index (χ0) is 13.8. The van der Waals surface area contributed by atoms with Crippen molar-refractivity contribution in [3.8, 4) is 5.75 Å². The molecule has 19 heavy (non-hydrogen) atoms. The number of benzene rings is 1. The van der Waals surface area contributed by atoms with Gasteiger partial charge in [-0.1, -0.05) is 33.8 Å². The fourth-order valence-corrected chi connectivity index (χ4v) is 3.77. The number of phenols is 1. The molecule has 2 aliphatic carbocycles. The lowest BCUT2D eigenvalue weighted by Gasteiger charge is -2.27. The maximum atomic E-state index is 9.73. The van der Waals surface area contributed by atoms with Crippen molar-refractivity contribution >= 4 is 0 Å². The SMILES string of the molecule is CC1(C)C(NC2CCCc3ccc(O)cc32)C1(C)C. The molecule has 1 unspecified atom stereocenters. The fourth-order valence-electron chi connectivity index (χ4n) is 3.77. The average Bonchev–Trinajstić information content (AvgIpc) is 2.72. The Bertz CT molecular complexity index is 490. The number of phenolic OH excluding ortho intramolecular Hbond substituents is 1. The van der Waals surface area contributed by atoms with Crippen LogP contribution in [0.15, 0.2) is 18.2 Å². The summed E-state index contributed by atoms with van der Waals surface area (Å²) in [7, 11) is 0. The first-order valence-corrected chi connectivity index (χ1v) is 7.42. The molecule has 2 nitrogen and oxygen atoms in total. The van der Waals surface area contributed by atoms with Crippen LogP contribution in [0.3, 0.4) is 0 Å². The molecule has 2 aliphatic rings. The predicted octanol–water partition coefficient (Wildman–Crippen LogP) is 3.79. The van der Waals surface area contributed by atoms with Crippen LogP contribution in [-0.4, -0.2) is 11.1 Å². The van der Waals surface area contributed by atoms with Gasteiger partial charge in [0.2, 0.25) is 0 Å². The van der Waals surface area contributed by atoms with Gasteiger partial charge >= 0.3 is 0 Å². The topological polar surface area (TPSA) is 32.3 Å². The summed E-state index contributed by atoms with van der Waals surface area (Å²) >= 11 is 0. The van der Waals surface area contributed by atoms with E-state index in [2.05, 4.69) is 39.1 Å². The maximum Gasteiger partial charge on any atom is 0.115 e. The molecule has 0 heterocycles. The van der Waals surface area contributed by atoms with Crippen LogP contribution in [0.2, 0.25) is 0 Å². The molecule has 0 aliphatic heterocycles. The average molecular weight is 259 g/mol. The zero-order valence-electron chi connectivity index (χ0n) is 12.5. The molecule has 1 fully saturated rings. The van der Waals surface area contributed by atoms with Crippen molar-refractivity contribution in [2.75, 3.05) is 0 Å². The second-order valence-corrected chi connectivity index (χ2v) is 7.37. The summed E-state index contributed by atoms with van der Waals surface area (Å²) in [5, 5.41) is 13.6. The summed E-state index contributed by atoms with van der Waals surface area (Å²) in [6, 6.07) is 6.82. The van der Waals surface area contributed by atoms with Crippen molar-refractivity contribution in [1.29, 1.82) is 0 Å². The molecule has 2 N–H and O–H groups in total. The number of aryl methyl sites for hydroxylation is 1. The van der Waals surface area contributed by atoms with Gasteiger partial charge < -0.3 is 10.4 Å². The van der Waals surface area contributed by atoms with Gasteiger partial charge in [0.25, 0.3) is 0 Å². The molecular weight excluding hydrogens is 234 g/mol. The lowest BCUT2D eigenvalue weighted by molar-refractivity contribution is 0.416. The van der Waals surface area contributed by atoms with Crippen LogP contribution in [0.5, 0.6) is 5.75 Å². The monoisotopic (exact) mass is 259 g/mol. The van der Waals surface area contributed by atoms with Crippen molar-refractivity contribution in [3.63, 3.8) is 0 Å². The molecular formula is C17H25NO. The van der Waals surface area contributed by atoms with Crippen LogP contribution in [0.4, 0.5) is 0 Å².